The molecule has 2 aromatic carbocycles. The van der Waals surface area contributed by atoms with Crippen molar-refractivity contribution >= 4 is 33.2 Å². The van der Waals surface area contributed by atoms with Crippen LogP contribution < -0.4 is 5.32 Å². The molecule has 1 atom stereocenters. The van der Waals surface area contributed by atoms with Crippen LogP contribution in [-0.2, 0) is 0 Å². The summed E-state index contributed by atoms with van der Waals surface area (Å²) in [7, 11) is 0. The number of anilines is 1. The molecule has 2 rings (SSSR count). The second-order valence-electron chi connectivity index (χ2n) is 4.31. The molecule has 0 aliphatic carbocycles. The van der Waals surface area contributed by atoms with Gasteiger partial charge in [-0.25, -0.2) is 4.39 Å². The van der Waals surface area contributed by atoms with E-state index in [-0.39, 0.29) is 11.6 Å². The fourth-order valence-corrected chi connectivity index (χ4v) is 2.76. The van der Waals surface area contributed by atoms with Crippen LogP contribution in [0.5, 0.6) is 0 Å². The predicted octanol–water partition coefficient (Wildman–Crippen LogP) is 5.29. The van der Waals surface area contributed by atoms with Gasteiger partial charge in [-0.15, -0.1) is 0 Å². The van der Waals surface area contributed by atoms with Gasteiger partial charge < -0.3 is 5.32 Å². The quantitative estimate of drug-likeness (QED) is 0.814. The average molecular weight is 354 g/mol. The molecule has 0 aromatic heterocycles. The lowest BCUT2D eigenvalue weighted by molar-refractivity contribution is 0.624. The molecule has 20 heavy (non-hydrogen) atoms. The van der Waals surface area contributed by atoms with Crippen molar-refractivity contribution in [2.75, 3.05) is 5.32 Å². The zero-order valence-electron chi connectivity index (χ0n) is 10.6. The van der Waals surface area contributed by atoms with Gasteiger partial charge in [-0.05, 0) is 36.8 Å². The van der Waals surface area contributed by atoms with Gasteiger partial charge in [0.2, 0.25) is 0 Å². The largest absolute Gasteiger partial charge is 0.377 e. The van der Waals surface area contributed by atoms with E-state index in [2.05, 4.69) is 21.2 Å². The number of nitriles is 1. The first-order valence-corrected chi connectivity index (χ1v) is 7.10. The Labute approximate surface area is 130 Å². The lowest BCUT2D eigenvalue weighted by Gasteiger charge is -2.18. The number of nitrogens with one attached hydrogen (secondary N) is 1. The van der Waals surface area contributed by atoms with Crippen LogP contribution in [0.4, 0.5) is 10.1 Å². The third kappa shape index (κ3) is 3.12. The SMILES string of the molecule is CC(Nc1cccc(F)c1C#N)c1ccc(Br)cc1Cl. The molecule has 0 aliphatic heterocycles. The Morgan fingerprint density at radius 3 is 2.75 bits per heavy atom. The predicted molar refractivity (Wildman–Crippen MR) is 82.3 cm³/mol. The highest BCUT2D eigenvalue weighted by molar-refractivity contribution is 9.10. The third-order valence-electron chi connectivity index (χ3n) is 2.93. The van der Waals surface area contributed by atoms with Crippen LogP contribution in [0.2, 0.25) is 5.02 Å². The first-order valence-electron chi connectivity index (χ1n) is 5.93. The van der Waals surface area contributed by atoms with Crippen LogP contribution in [0.3, 0.4) is 0 Å². The van der Waals surface area contributed by atoms with Crippen LogP contribution in [-0.4, -0.2) is 0 Å². The van der Waals surface area contributed by atoms with Gasteiger partial charge >= 0.3 is 0 Å². The van der Waals surface area contributed by atoms with Gasteiger partial charge in [0, 0.05) is 9.50 Å². The molecule has 1 N–H and O–H groups in total. The molecule has 0 aliphatic rings. The summed E-state index contributed by atoms with van der Waals surface area (Å²) in [4.78, 5) is 0. The molecule has 102 valence electrons. The number of nitrogens with zero attached hydrogens (tertiary/aromatic N) is 1. The Morgan fingerprint density at radius 2 is 2.10 bits per heavy atom. The van der Waals surface area contributed by atoms with Gasteiger partial charge in [0.05, 0.1) is 11.7 Å². The van der Waals surface area contributed by atoms with E-state index in [1.54, 1.807) is 18.2 Å². The lowest BCUT2D eigenvalue weighted by atomic mass is 10.1. The van der Waals surface area contributed by atoms with E-state index in [0.717, 1.165) is 10.0 Å². The molecule has 5 heteroatoms. The Bertz CT molecular complexity index is 682. The number of hydrogen-bond donors (Lipinski definition) is 1. The topological polar surface area (TPSA) is 35.8 Å². The van der Waals surface area contributed by atoms with E-state index in [9.17, 15) is 4.39 Å². The maximum absolute atomic E-state index is 13.5. The van der Waals surface area contributed by atoms with Crippen molar-refractivity contribution in [3.8, 4) is 6.07 Å². The molecular formula is C15H11BrClFN2. The van der Waals surface area contributed by atoms with E-state index in [0.29, 0.717) is 10.7 Å². The van der Waals surface area contributed by atoms with E-state index in [1.165, 1.54) is 6.07 Å². The minimum Gasteiger partial charge on any atom is -0.377 e. The highest BCUT2D eigenvalue weighted by Gasteiger charge is 2.13. The molecule has 0 saturated carbocycles. The molecule has 2 nitrogen and oxygen atoms in total. The second-order valence-corrected chi connectivity index (χ2v) is 5.63. The van der Waals surface area contributed by atoms with Gasteiger partial charge in [0.1, 0.15) is 17.4 Å². The van der Waals surface area contributed by atoms with Crippen molar-refractivity contribution in [1.82, 2.24) is 0 Å². The summed E-state index contributed by atoms with van der Waals surface area (Å²) in [6.07, 6.45) is 0. The molecule has 0 spiro atoms. The summed E-state index contributed by atoms with van der Waals surface area (Å²) in [5.41, 5.74) is 1.34. The van der Waals surface area contributed by atoms with Crippen LogP contribution in [0.15, 0.2) is 40.9 Å². The Kier molecular flexibility index (Phi) is 4.64. The monoisotopic (exact) mass is 352 g/mol. The lowest BCUT2D eigenvalue weighted by Crippen LogP contribution is -2.09. The maximum Gasteiger partial charge on any atom is 0.143 e. The number of benzene rings is 2. The molecular weight excluding hydrogens is 343 g/mol. The first kappa shape index (κ1) is 14.8. The van der Waals surface area contributed by atoms with Crippen LogP contribution >= 0.6 is 27.5 Å². The molecule has 0 radical (unpaired) electrons. The molecule has 2 aromatic rings. The molecule has 0 saturated heterocycles. The number of halogens is 3. The van der Waals surface area contributed by atoms with Crippen LogP contribution in [0, 0.1) is 17.1 Å². The molecule has 0 fully saturated rings. The minimum absolute atomic E-state index is 0.00702. The summed E-state index contributed by atoms with van der Waals surface area (Å²) in [5.74, 6) is -0.536. The summed E-state index contributed by atoms with van der Waals surface area (Å²) >= 11 is 9.53. The molecule has 0 heterocycles. The average Bonchev–Trinajstić information content (AvgIpc) is 2.38. The van der Waals surface area contributed by atoms with Gasteiger partial charge in [-0.3, -0.25) is 0 Å². The van der Waals surface area contributed by atoms with E-state index in [1.807, 2.05) is 25.1 Å². The van der Waals surface area contributed by atoms with Gasteiger partial charge in [-0.2, -0.15) is 5.26 Å². The maximum atomic E-state index is 13.5. The third-order valence-corrected chi connectivity index (χ3v) is 3.75. The van der Waals surface area contributed by atoms with Crippen molar-refractivity contribution in [2.45, 2.75) is 13.0 Å². The Balaban J connectivity index is 2.31. The number of rotatable bonds is 3. The van der Waals surface area contributed by atoms with Crippen molar-refractivity contribution in [3.05, 3.63) is 62.8 Å². The van der Waals surface area contributed by atoms with Gasteiger partial charge in [-0.1, -0.05) is 39.7 Å². The molecule has 0 amide bonds. The number of hydrogen-bond acceptors (Lipinski definition) is 2. The molecule has 0 bridgehead atoms. The Morgan fingerprint density at radius 1 is 1.35 bits per heavy atom. The van der Waals surface area contributed by atoms with Crippen LogP contribution in [0.1, 0.15) is 24.1 Å². The molecule has 1 unspecified atom stereocenters. The van der Waals surface area contributed by atoms with Crippen molar-refractivity contribution in [1.29, 1.82) is 5.26 Å². The zero-order chi connectivity index (χ0) is 14.7. The van der Waals surface area contributed by atoms with Gasteiger partial charge in [0.15, 0.2) is 0 Å². The summed E-state index contributed by atoms with van der Waals surface area (Å²) in [5, 5.41) is 12.7. The first-order chi connectivity index (χ1) is 9.52. The fraction of sp³-hybridized carbons (Fsp3) is 0.133. The van der Waals surface area contributed by atoms with Crippen LogP contribution in [0.25, 0.3) is 0 Å². The minimum atomic E-state index is -0.536. The Hall–Kier alpha value is -1.57. The fourth-order valence-electron chi connectivity index (χ4n) is 1.92. The standard InChI is InChI=1S/C15H11BrClFN2/c1-9(11-6-5-10(16)7-13(11)17)20-15-4-2-3-14(18)12(15)8-19/h2-7,9,20H,1H3. The van der Waals surface area contributed by atoms with E-state index in [4.69, 9.17) is 16.9 Å². The second kappa shape index (κ2) is 6.25. The van der Waals surface area contributed by atoms with Crippen molar-refractivity contribution in [3.63, 3.8) is 0 Å². The van der Waals surface area contributed by atoms with Crippen molar-refractivity contribution in [2.24, 2.45) is 0 Å². The normalized spacial score (nSPS) is 11.8. The smallest absolute Gasteiger partial charge is 0.143 e. The zero-order valence-corrected chi connectivity index (χ0v) is 13.0. The van der Waals surface area contributed by atoms with Gasteiger partial charge in [0.25, 0.3) is 0 Å². The van der Waals surface area contributed by atoms with Crippen molar-refractivity contribution < 1.29 is 4.39 Å². The summed E-state index contributed by atoms with van der Waals surface area (Å²) < 4.78 is 14.4. The summed E-state index contributed by atoms with van der Waals surface area (Å²) in [6, 6.07) is 11.8. The van der Waals surface area contributed by atoms with E-state index < -0.39 is 5.82 Å². The highest BCUT2D eigenvalue weighted by Crippen LogP contribution is 2.29. The highest BCUT2D eigenvalue weighted by atomic mass is 79.9. The summed E-state index contributed by atoms with van der Waals surface area (Å²) in [6.45, 7) is 1.90. The van der Waals surface area contributed by atoms with E-state index >= 15 is 0 Å².